The van der Waals surface area contributed by atoms with Gasteiger partial charge in [0.15, 0.2) is 0 Å². The molecule has 0 aromatic carbocycles. The molecule has 126 valence electrons. The van der Waals surface area contributed by atoms with Crippen LogP contribution in [0.2, 0.25) is 0 Å². The van der Waals surface area contributed by atoms with E-state index in [0.29, 0.717) is 26.0 Å². The summed E-state index contributed by atoms with van der Waals surface area (Å²) in [6.45, 7) is 3.20. The van der Waals surface area contributed by atoms with Crippen LogP contribution < -0.4 is 0 Å². The maximum atomic E-state index is 12.7. The molecule has 0 aromatic heterocycles. The Bertz CT molecular complexity index is 451. The normalized spacial score (nSPS) is 27.0. The molecule has 0 amide bonds. The first-order valence-electron chi connectivity index (χ1n) is 7.81. The molecule has 22 heavy (non-hydrogen) atoms. The number of halogens is 4. The number of hydrogen-bond acceptors (Lipinski definition) is 2. The Morgan fingerprint density at radius 2 is 1.91 bits per heavy atom. The van der Waals surface area contributed by atoms with Crippen molar-refractivity contribution in [1.29, 1.82) is 0 Å². The van der Waals surface area contributed by atoms with Crippen LogP contribution in [0.1, 0.15) is 39.0 Å². The standard InChI is InChI=1S/C16H23ClF3NO/c1-3-14-15(8-13(17)9-21(14)2)22-10-11-4-6-12(7-5-11)16(18,19)20/h8,11-12H,3-7,9-10H2,1-2H3/t11-,12-. The maximum absolute atomic E-state index is 12.7. The van der Waals surface area contributed by atoms with E-state index in [1.54, 1.807) is 0 Å². The molecule has 2 nitrogen and oxygen atoms in total. The third-order valence-corrected chi connectivity index (χ3v) is 4.77. The van der Waals surface area contributed by atoms with E-state index < -0.39 is 12.1 Å². The number of alkyl halides is 3. The zero-order valence-electron chi connectivity index (χ0n) is 13.0. The molecule has 0 saturated heterocycles. The van der Waals surface area contributed by atoms with Crippen molar-refractivity contribution in [1.82, 2.24) is 4.90 Å². The summed E-state index contributed by atoms with van der Waals surface area (Å²) < 4.78 is 43.9. The fourth-order valence-electron chi connectivity index (χ4n) is 3.21. The van der Waals surface area contributed by atoms with Crippen molar-refractivity contribution in [3.05, 3.63) is 22.6 Å². The second-order valence-corrected chi connectivity index (χ2v) is 6.67. The van der Waals surface area contributed by atoms with Crippen LogP contribution in [-0.2, 0) is 4.74 Å². The fourth-order valence-corrected chi connectivity index (χ4v) is 3.49. The number of likely N-dealkylation sites (N-methyl/N-ethyl adjacent to an activating group) is 1. The second-order valence-electron chi connectivity index (χ2n) is 6.18. The van der Waals surface area contributed by atoms with Gasteiger partial charge in [0.1, 0.15) is 5.76 Å². The Morgan fingerprint density at radius 3 is 2.45 bits per heavy atom. The first-order chi connectivity index (χ1) is 10.3. The van der Waals surface area contributed by atoms with Crippen LogP contribution in [-0.4, -0.2) is 31.3 Å². The third-order valence-electron chi connectivity index (χ3n) is 4.54. The molecule has 0 atom stereocenters. The molecule has 0 N–H and O–H groups in total. The smallest absolute Gasteiger partial charge is 0.391 e. The zero-order chi connectivity index (χ0) is 16.3. The van der Waals surface area contributed by atoms with Gasteiger partial charge in [0.25, 0.3) is 0 Å². The summed E-state index contributed by atoms with van der Waals surface area (Å²) in [5.74, 6) is -0.174. The molecule has 0 bridgehead atoms. The first-order valence-corrected chi connectivity index (χ1v) is 8.19. The van der Waals surface area contributed by atoms with Crippen LogP contribution in [0, 0.1) is 11.8 Å². The van der Waals surface area contributed by atoms with Crippen LogP contribution in [0.4, 0.5) is 13.2 Å². The lowest BCUT2D eigenvalue weighted by Crippen LogP contribution is -2.29. The molecule has 0 aromatic rings. The average Bonchev–Trinajstić information content (AvgIpc) is 2.44. The average molecular weight is 338 g/mol. The van der Waals surface area contributed by atoms with Gasteiger partial charge < -0.3 is 9.64 Å². The first kappa shape index (κ1) is 17.5. The Balaban J connectivity index is 1.88. The number of ether oxygens (including phenoxy) is 1. The summed E-state index contributed by atoms with van der Waals surface area (Å²) in [4.78, 5) is 2.05. The van der Waals surface area contributed by atoms with Crippen molar-refractivity contribution in [3.8, 4) is 0 Å². The van der Waals surface area contributed by atoms with Crippen molar-refractivity contribution in [3.63, 3.8) is 0 Å². The monoisotopic (exact) mass is 337 g/mol. The van der Waals surface area contributed by atoms with E-state index >= 15 is 0 Å². The highest BCUT2D eigenvalue weighted by Crippen LogP contribution is 2.39. The molecule has 2 aliphatic rings. The van der Waals surface area contributed by atoms with Gasteiger partial charge in [-0.3, -0.25) is 0 Å². The highest BCUT2D eigenvalue weighted by atomic mass is 35.5. The lowest BCUT2D eigenvalue weighted by Gasteiger charge is -2.31. The van der Waals surface area contributed by atoms with Crippen molar-refractivity contribution < 1.29 is 17.9 Å². The van der Waals surface area contributed by atoms with Crippen molar-refractivity contribution in [2.75, 3.05) is 20.2 Å². The van der Waals surface area contributed by atoms with Gasteiger partial charge in [-0.15, -0.1) is 0 Å². The highest BCUT2D eigenvalue weighted by Gasteiger charge is 2.41. The molecule has 1 heterocycles. The summed E-state index contributed by atoms with van der Waals surface area (Å²) in [5, 5.41) is 0.718. The number of rotatable bonds is 4. The Kier molecular flexibility index (Phi) is 5.70. The zero-order valence-corrected chi connectivity index (χ0v) is 13.8. The largest absolute Gasteiger partial charge is 0.491 e. The minimum Gasteiger partial charge on any atom is -0.491 e. The maximum Gasteiger partial charge on any atom is 0.391 e. The number of allylic oxidation sites excluding steroid dienone is 2. The van der Waals surface area contributed by atoms with Gasteiger partial charge in [-0.2, -0.15) is 13.2 Å². The second kappa shape index (κ2) is 7.16. The van der Waals surface area contributed by atoms with Crippen LogP contribution in [0.25, 0.3) is 0 Å². The molecule has 2 rings (SSSR count). The van der Waals surface area contributed by atoms with E-state index in [2.05, 4.69) is 11.8 Å². The van der Waals surface area contributed by atoms with Gasteiger partial charge in [0.2, 0.25) is 0 Å². The van der Waals surface area contributed by atoms with Crippen molar-refractivity contribution in [2.45, 2.75) is 45.2 Å². The van der Waals surface area contributed by atoms with E-state index in [1.807, 2.05) is 13.1 Å². The topological polar surface area (TPSA) is 12.5 Å². The lowest BCUT2D eigenvalue weighted by molar-refractivity contribution is -0.184. The highest BCUT2D eigenvalue weighted by molar-refractivity contribution is 6.30. The lowest BCUT2D eigenvalue weighted by atomic mass is 9.82. The minimum atomic E-state index is -4.05. The number of nitrogens with zero attached hydrogens (tertiary/aromatic N) is 1. The predicted molar refractivity (Wildman–Crippen MR) is 81.3 cm³/mol. The molecule has 6 heteroatoms. The predicted octanol–water partition coefficient (Wildman–Crippen LogP) is 5.06. The van der Waals surface area contributed by atoms with E-state index in [1.165, 1.54) is 0 Å². The fraction of sp³-hybridized carbons (Fsp3) is 0.750. The summed E-state index contributed by atoms with van der Waals surface area (Å²) in [6, 6.07) is 0. The Morgan fingerprint density at radius 1 is 1.27 bits per heavy atom. The van der Waals surface area contributed by atoms with Gasteiger partial charge in [-0.25, -0.2) is 0 Å². The van der Waals surface area contributed by atoms with Gasteiger partial charge in [-0.05, 0) is 44.1 Å². The van der Waals surface area contributed by atoms with Crippen LogP contribution in [0.5, 0.6) is 0 Å². The molecule has 1 saturated carbocycles. The SMILES string of the molecule is CCC1=C(OC[C@H]2CC[C@H](C(F)(F)F)CC2)C=C(Cl)CN1C. The Labute approximate surface area is 134 Å². The summed E-state index contributed by atoms with van der Waals surface area (Å²) in [6.07, 6.45) is 0.209. The number of hydrogen-bond donors (Lipinski definition) is 0. The van der Waals surface area contributed by atoms with Crippen LogP contribution >= 0.6 is 11.6 Å². The van der Waals surface area contributed by atoms with E-state index in [4.69, 9.17) is 16.3 Å². The van der Waals surface area contributed by atoms with Gasteiger partial charge in [0, 0.05) is 12.1 Å². The van der Waals surface area contributed by atoms with Crippen molar-refractivity contribution >= 4 is 11.6 Å². The molecule has 0 unspecified atom stereocenters. The molecule has 1 aliphatic heterocycles. The van der Waals surface area contributed by atoms with E-state index in [9.17, 15) is 13.2 Å². The molecule has 1 fully saturated rings. The molecular weight excluding hydrogens is 315 g/mol. The quantitative estimate of drug-likeness (QED) is 0.710. The molecule has 0 spiro atoms. The van der Waals surface area contributed by atoms with Gasteiger partial charge in [-0.1, -0.05) is 18.5 Å². The van der Waals surface area contributed by atoms with Gasteiger partial charge in [0.05, 0.1) is 24.8 Å². The summed E-state index contributed by atoms with van der Waals surface area (Å²) in [7, 11) is 1.96. The van der Waals surface area contributed by atoms with Crippen LogP contribution in [0.3, 0.4) is 0 Å². The van der Waals surface area contributed by atoms with Gasteiger partial charge >= 0.3 is 6.18 Å². The molecule has 1 aliphatic carbocycles. The van der Waals surface area contributed by atoms with E-state index in [0.717, 1.165) is 22.9 Å². The third kappa shape index (κ3) is 4.34. The Hall–Kier alpha value is -0.840. The summed E-state index contributed by atoms with van der Waals surface area (Å²) in [5.41, 5.74) is 1.09. The molecular formula is C16H23ClF3NO. The molecule has 0 radical (unpaired) electrons. The van der Waals surface area contributed by atoms with Crippen LogP contribution in [0.15, 0.2) is 22.6 Å². The van der Waals surface area contributed by atoms with E-state index in [-0.39, 0.29) is 18.8 Å². The van der Waals surface area contributed by atoms with Crippen molar-refractivity contribution in [2.24, 2.45) is 11.8 Å². The minimum absolute atomic E-state index is 0.198. The summed E-state index contributed by atoms with van der Waals surface area (Å²) >= 11 is 6.10.